The molecular weight excluding hydrogens is 299 g/mol. The molecule has 1 N–H and O–H groups in total. The molecule has 0 aromatic rings. The summed E-state index contributed by atoms with van der Waals surface area (Å²) in [5.74, 6) is -0.653. The molecule has 0 fully saturated rings. The number of hydrogen-bond donors (Lipinski definition) is 1. The van der Waals surface area contributed by atoms with E-state index in [2.05, 4.69) is 6.92 Å². The molecule has 0 aromatic carbocycles. The van der Waals surface area contributed by atoms with Gasteiger partial charge in [0.2, 0.25) is 0 Å². The van der Waals surface area contributed by atoms with E-state index in [-0.39, 0.29) is 40.4 Å². The summed E-state index contributed by atoms with van der Waals surface area (Å²) >= 11 is 0. The zero-order valence-corrected chi connectivity index (χ0v) is 13.7. The number of unbranched alkanes of at least 4 members (excludes halogenated alkanes) is 14. The number of carbonyl (C=O) groups is 1. The topological polar surface area (TPSA) is 37.3 Å². The van der Waals surface area contributed by atoms with E-state index < -0.39 is 5.97 Å². The number of aliphatic carboxylic acids is 1. The van der Waals surface area contributed by atoms with Gasteiger partial charge in [0.1, 0.15) is 0 Å². The molecule has 130 valence electrons. The molecule has 0 bridgehead atoms. The van der Waals surface area contributed by atoms with Crippen LogP contribution < -0.4 is 0 Å². The van der Waals surface area contributed by atoms with Gasteiger partial charge in [-0.05, 0) is 6.42 Å². The van der Waals surface area contributed by atoms with Crippen molar-refractivity contribution in [3.8, 4) is 0 Å². The molecule has 0 radical (unpaired) electrons. The predicted molar refractivity (Wildman–Crippen MR) is 106 cm³/mol. The summed E-state index contributed by atoms with van der Waals surface area (Å²) in [5.41, 5.74) is 0. The second kappa shape index (κ2) is 24.0. The first-order chi connectivity index (χ1) is 9.77. The van der Waals surface area contributed by atoms with Crippen LogP contribution in [0.25, 0.3) is 0 Å². The molecule has 0 aliphatic carbocycles. The second-order valence-electron chi connectivity index (χ2n) is 6.09. The van der Waals surface area contributed by atoms with E-state index in [1.807, 2.05) is 0 Å². The first-order valence-electron chi connectivity index (χ1n) is 8.99. The number of carboxylic acids is 1. The summed E-state index contributed by atoms with van der Waals surface area (Å²) in [6.07, 6.45) is 20.2. The number of carboxylic acid groups (broad SMARTS) is 1. The van der Waals surface area contributed by atoms with E-state index in [0.29, 0.717) is 6.42 Å². The van der Waals surface area contributed by atoms with Gasteiger partial charge in [-0.1, -0.05) is 96.8 Å². The third-order valence-corrected chi connectivity index (χ3v) is 3.99. The van der Waals surface area contributed by atoms with Crippen LogP contribution in [-0.2, 0) is 4.79 Å². The van der Waals surface area contributed by atoms with Crippen molar-refractivity contribution in [2.24, 2.45) is 0 Å². The van der Waals surface area contributed by atoms with Crippen LogP contribution in [0.15, 0.2) is 0 Å². The Bertz CT molecular complexity index is 213. The van der Waals surface area contributed by atoms with E-state index in [4.69, 9.17) is 5.11 Å². The maximum atomic E-state index is 10.3. The van der Waals surface area contributed by atoms with Crippen molar-refractivity contribution in [1.82, 2.24) is 0 Å². The smallest absolute Gasteiger partial charge is 0.316 e. The van der Waals surface area contributed by atoms with Gasteiger partial charge in [0.15, 0.2) is 17.4 Å². The SMILES string of the molecule is CCCCCCCCCCCCCCCCCC(=O)O.[AlH3].[MgH2]. The van der Waals surface area contributed by atoms with Gasteiger partial charge in [-0.15, -0.1) is 0 Å². The van der Waals surface area contributed by atoms with Gasteiger partial charge < -0.3 is 5.11 Å². The molecule has 0 unspecified atom stereocenters. The van der Waals surface area contributed by atoms with Crippen LogP contribution in [0.3, 0.4) is 0 Å². The minimum absolute atomic E-state index is 0. The Kier molecular flexibility index (Phi) is 30.2. The van der Waals surface area contributed by atoms with E-state index in [0.717, 1.165) is 12.8 Å². The molecule has 0 rings (SSSR count). The average molecular weight is 341 g/mol. The summed E-state index contributed by atoms with van der Waals surface area (Å²) in [6, 6.07) is 0. The quantitative estimate of drug-likeness (QED) is 0.337. The first-order valence-corrected chi connectivity index (χ1v) is 8.99. The molecule has 0 spiro atoms. The zero-order chi connectivity index (χ0) is 14.9. The molecule has 2 nitrogen and oxygen atoms in total. The van der Waals surface area contributed by atoms with Gasteiger partial charge in [-0.3, -0.25) is 4.79 Å². The Labute approximate surface area is 165 Å². The van der Waals surface area contributed by atoms with Crippen LogP contribution >= 0.6 is 0 Å². The molecular formula is C18H41AlMgO2. The van der Waals surface area contributed by atoms with Gasteiger partial charge in [-0.25, -0.2) is 0 Å². The fourth-order valence-corrected chi connectivity index (χ4v) is 2.65. The maximum absolute atomic E-state index is 10.3. The summed E-state index contributed by atoms with van der Waals surface area (Å²) < 4.78 is 0. The number of rotatable bonds is 16. The third-order valence-electron chi connectivity index (χ3n) is 3.99. The van der Waals surface area contributed by atoms with Crippen molar-refractivity contribution in [2.75, 3.05) is 0 Å². The van der Waals surface area contributed by atoms with Gasteiger partial charge in [-0.2, -0.15) is 0 Å². The van der Waals surface area contributed by atoms with E-state index in [1.54, 1.807) is 0 Å². The zero-order valence-electron chi connectivity index (χ0n) is 13.7. The van der Waals surface area contributed by atoms with Crippen molar-refractivity contribution in [3.05, 3.63) is 0 Å². The van der Waals surface area contributed by atoms with Crippen molar-refractivity contribution in [3.63, 3.8) is 0 Å². The lowest BCUT2D eigenvalue weighted by atomic mass is 10.0. The first kappa shape index (κ1) is 27.6. The van der Waals surface area contributed by atoms with Gasteiger partial charge in [0.05, 0.1) is 0 Å². The lowest BCUT2D eigenvalue weighted by Crippen LogP contribution is -1.93. The Morgan fingerprint density at radius 1 is 0.636 bits per heavy atom. The Morgan fingerprint density at radius 3 is 1.18 bits per heavy atom. The fraction of sp³-hybridized carbons (Fsp3) is 0.944. The molecule has 0 saturated heterocycles. The molecule has 22 heavy (non-hydrogen) atoms. The lowest BCUT2D eigenvalue weighted by Gasteiger charge is -2.03. The van der Waals surface area contributed by atoms with E-state index in [9.17, 15) is 4.79 Å². The highest BCUT2D eigenvalue weighted by Crippen LogP contribution is 2.13. The Balaban J connectivity index is -0.00000180. The molecule has 0 aliphatic rings. The predicted octanol–water partition coefficient (Wildman–Crippen LogP) is 4.23. The normalized spacial score (nSPS) is 9.86. The molecule has 0 saturated carbocycles. The van der Waals surface area contributed by atoms with Gasteiger partial charge in [0.25, 0.3) is 0 Å². The van der Waals surface area contributed by atoms with Crippen molar-refractivity contribution >= 4 is 46.4 Å². The Hall–Kier alpha value is 0.769. The highest BCUT2D eigenvalue weighted by Gasteiger charge is 1.97. The van der Waals surface area contributed by atoms with Crippen LogP contribution in [0.2, 0.25) is 0 Å². The molecule has 4 heteroatoms. The average Bonchev–Trinajstić information content (AvgIpc) is 2.43. The molecule has 0 amide bonds. The number of hydrogen-bond acceptors (Lipinski definition) is 1. The molecule has 0 aliphatic heterocycles. The summed E-state index contributed by atoms with van der Waals surface area (Å²) in [5, 5.41) is 8.52. The van der Waals surface area contributed by atoms with Crippen LogP contribution in [0.5, 0.6) is 0 Å². The van der Waals surface area contributed by atoms with E-state index >= 15 is 0 Å². The van der Waals surface area contributed by atoms with Crippen molar-refractivity contribution < 1.29 is 9.90 Å². The third kappa shape index (κ3) is 25.7. The van der Waals surface area contributed by atoms with Crippen LogP contribution in [0.1, 0.15) is 110 Å². The Morgan fingerprint density at radius 2 is 0.909 bits per heavy atom. The minimum Gasteiger partial charge on any atom is -0.481 e. The summed E-state index contributed by atoms with van der Waals surface area (Å²) in [4.78, 5) is 10.3. The van der Waals surface area contributed by atoms with Crippen molar-refractivity contribution in [1.29, 1.82) is 0 Å². The lowest BCUT2D eigenvalue weighted by molar-refractivity contribution is -0.137. The molecule has 0 atom stereocenters. The largest absolute Gasteiger partial charge is 0.481 e. The van der Waals surface area contributed by atoms with Gasteiger partial charge >= 0.3 is 29.0 Å². The van der Waals surface area contributed by atoms with Crippen LogP contribution in [0.4, 0.5) is 0 Å². The van der Waals surface area contributed by atoms with Crippen LogP contribution in [0, 0.1) is 0 Å². The van der Waals surface area contributed by atoms with Gasteiger partial charge in [0, 0.05) is 6.42 Å². The second-order valence-corrected chi connectivity index (χ2v) is 6.09. The highest BCUT2D eigenvalue weighted by molar-refractivity contribution is 5.76. The maximum Gasteiger partial charge on any atom is 0.316 e. The monoisotopic (exact) mass is 340 g/mol. The minimum atomic E-state index is -0.653. The summed E-state index contributed by atoms with van der Waals surface area (Å²) in [7, 11) is 0. The standard InChI is InChI=1S/C18H36O2.Al.Mg.5H/c1-2-3-4-5-6-7-8-9-10-11-12-13-14-15-16-17-18(19)20;;;;;;;/h2-17H2,1H3,(H,19,20);;;;;;;. The molecule has 0 aromatic heterocycles. The highest BCUT2D eigenvalue weighted by atomic mass is 27.0. The van der Waals surface area contributed by atoms with Crippen molar-refractivity contribution in [2.45, 2.75) is 110 Å². The van der Waals surface area contributed by atoms with E-state index in [1.165, 1.54) is 83.5 Å². The molecule has 0 heterocycles. The summed E-state index contributed by atoms with van der Waals surface area (Å²) in [6.45, 7) is 2.27. The fourth-order valence-electron chi connectivity index (χ4n) is 2.65. The van der Waals surface area contributed by atoms with Crippen LogP contribution in [-0.4, -0.2) is 51.5 Å².